The van der Waals surface area contributed by atoms with Crippen molar-refractivity contribution in [1.29, 1.82) is 0 Å². The number of benzene rings is 1. The van der Waals surface area contributed by atoms with Crippen LogP contribution in [0.25, 0.3) is 0 Å². The Hall–Kier alpha value is -1.49. The maximum absolute atomic E-state index is 11.6. The molecule has 0 saturated carbocycles. The molecule has 1 saturated heterocycles. The van der Waals surface area contributed by atoms with E-state index in [2.05, 4.69) is 5.32 Å². The van der Waals surface area contributed by atoms with E-state index in [1.54, 1.807) is 12.1 Å². The van der Waals surface area contributed by atoms with Crippen LogP contribution in [0.5, 0.6) is 5.75 Å². The summed E-state index contributed by atoms with van der Waals surface area (Å²) in [6.45, 7) is 0. The molecule has 3 rings (SSSR count). The highest BCUT2D eigenvalue weighted by molar-refractivity contribution is 8.15. The third-order valence-electron chi connectivity index (χ3n) is 3.33. The number of rotatable bonds is 1. The lowest BCUT2D eigenvalue weighted by Gasteiger charge is -2.15. The summed E-state index contributed by atoms with van der Waals surface area (Å²) in [5.41, 5.74) is 2.17. The van der Waals surface area contributed by atoms with Crippen molar-refractivity contribution in [1.82, 2.24) is 5.32 Å². The van der Waals surface area contributed by atoms with Gasteiger partial charge in [0, 0.05) is 5.92 Å². The molecular formula is C12H11NO3S. The van der Waals surface area contributed by atoms with Gasteiger partial charge >= 0.3 is 0 Å². The van der Waals surface area contributed by atoms with Gasteiger partial charge < -0.3 is 5.11 Å². The molecule has 1 aliphatic heterocycles. The molecule has 17 heavy (non-hydrogen) atoms. The Morgan fingerprint density at radius 1 is 1.35 bits per heavy atom. The van der Waals surface area contributed by atoms with Crippen LogP contribution in [0.3, 0.4) is 0 Å². The Labute approximate surface area is 102 Å². The standard InChI is InChI=1S/C12H11NO3S/c14-7-2-4-8-6(5-7)1-3-9(8)10-11(15)13-12(16)17-10/h2,4-5,9-10,14H,1,3H2,(H,13,15,16)/t9-,10?/m0/s1. The zero-order valence-electron chi connectivity index (χ0n) is 8.97. The second kappa shape index (κ2) is 3.77. The van der Waals surface area contributed by atoms with Crippen molar-refractivity contribution < 1.29 is 14.7 Å². The van der Waals surface area contributed by atoms with E-state index in [9.17, 15) is 14.7 Å². The quantitative estimate of drug-likeness (QED) is 0.796. The molecule has 5 heteroatoms. The van der Waals surface area contributed by atoms with Gasteiger partial charge in [-0.05, 0) is 36.1 Å². The normalized spacial score (nSPS) is 27.1. The number of imide groups is 1. The molecule has 4 nitrogen and oxygen atoms in total. The first-order valence-electron chi connectivity index (χ1n) is 5.48. The van der Waals surface area contributed by atoms with Gasteiger partial charge in [-0.25, -0.2) is 0 Å². The Balaban J connectivity index is 1.93. The van der Waals surface area contributed by atoms with Crippen LogP contribution in [0.15, 0.2) is 18.2 Å². The van der Waals surface area contributed by atoms with Crippen molar-refractivity contribution >= 4 is 22.9 Å². The van der Waals surface area contributed by atoms with Gasteiger partial charge in [0.05, 0.1) is 0 Å². The summed E-state index contributed by atoms with van der Waals surface area (Å²) < 4.78 is 0. The van der Waals surface area contributed by atoms with E-state index in [4.69, 9.17) is 0 Å². The monoisotopic (exact) mass is 249 g/mol. The van der Waals surface area contributed by atoms with Gasteiger partial charge in [-0.2, -0.15) is 0 Å². The third-order valence-corrected chi connectivity index (χ3v) is 4.45. The highest BCUT2D eigenvalue weighted by atomic mass is 32.2. The van der Waals surface area contributed by atoms with Gasteiger partial charge in [-0.1, -0.05) is 17.8 Å². The molecule has 1 aliphatic carbocycles. The fraction of sp³-hybridized carbons (Fsp3) is 0.333. The van der Waals surface area contributed by atoms with Crippen LogP contribution in [0.4, 0.5) is 4.79 Å². The number of hydrogen-bond donors (Lipinski definition) is 2. The lowest BCUT2D eigenvalue weighted by atomic mass is 9.97. The number of phenols is 1. The van der Waals surface area contributed by atoms with E-state index in [0.29, 0.717) is 0 Å². The number of aromatic hydroxyl groups is 1. The van der Waals surface area contributed by atoms with Crippen LogP contribution in [-0.2, 0) is 11.2 Å². The van der Waals surface area contributed by atoms with Crippen molar-refractivity contribution in [3.8, 4) is 5.75 Å². The zero-order chi connectivity index (χ0) is 12.0. The highest BCUT2D eigenvalue weighted by Gasteiger charge is 2.41. The average Bonchev–Trinajstić information content (AvgIpc) is 2.81. The molecule has 0 spiro atoms. The SMILES string of the molecule is O=C1NC(=O)C([C@H]2CCc3cc(O)ccc32)S1. The lowest BCUT2D eigenvalue weighted by molar-refractivity contribution is -0.119. The fourth-order valence-corrected chi connectivity index (χ4v) is 3.59. The number of amides is 2. The third kappa shape index (κ3) is 1.70. The van der Waals surface area contributed by atoms with Crippen LogP contribution >= 0.6 is 11.8 Å². The van der Waals surface area contributed by atoms with Crippen molar-refractivity contribution in [2.24, 2.45) is 0 Å². The Kier molecular flexibility index (Phi) is 2.36. The number of hydrogen-bond acceptors (Lipinski definition) is 4. The summed E-state index contributed by atoms with van der Waals surface area (Å²) in [4.78, 5) is 22.8. The molecule has 2 amide bonds. The molecule has 1 fully saturated rings. The number of nitrogens with one attached hydrogen (secondary N) is 1. The molecule has 1 unspecified atom stereocenters. The van der Waals surface area contributed by atoms with Crippen molar-refractivity contribution in [3.63, 3.8) is 0 Å². The van der Waals surface area contributed by atoms with E-state index in [1.165, 1.54) is 0 Å². The summed E-state index contributed by atoms with van der Waals surface area (Å²) in [5.74, 6) is 0.150. The van der Waals surface area contributed by atoms with Gasteiger partial charge in [0.15, 0.2) is 0 Å². The second-order valence-electron chi connectivity index (χ2n) is 4.34. The summed E-state index contributed by atoms with van der Waals surface area (Å²) >= 11 is 1.08. The van der Waals surface area contributed by atoms with Gasteiger partial charge in [-0.15, -0.1) is 0 Å². The number of carbonyl (C=O) groups excluding carboxylic acids is 2. The number of thioether (sulfide) groups is 1. The second-order valence-corrected chi connectivity index (χ2v) is 5.46. The van der Waals surface area contributed by atoms with E-state index >= 15 is 0 Å². The molecule has 1 aromatic rings. The minimum atomic E-state index is -0.312. The molecule has 0 radical (unpaired) electrons. The minimum absolute atomic E-state index is 0.0852. The molecule has 2 aliphatic rings. The van der Waals surface area contributed by atoms with Crippen LogP contribution in [0, 0.1) is 0 Å². The van der Waals surface area contributed by atoms with Crippen molar-refractivity contribution in [2.45, 2.75) is 24.0 Å². The van der Waals surface area contributed by atoms with Crippen molar-refractivity contribution in [2.75, 3.05) is 0 Å². The van der Waals surface area contributed by atoms with Crippen LogP contribution in [0.2, 0.25) is 0 Å². The Bertz CT molecular complexity index is 514. The summed E-state index contributed by atoms with van der Waals surface area (Å²) in [7, 11) is 0. The summed E-state index contributed by atoms with van der Waals surface area (Å²) in [6.07, 6.45) is 1.71. The number of phenolic OH excluding ortho intramolecular Hbond substituents is 1. The fourth-order valence-electron chi connectivity index (χ4n) is 2.59. The summed E-state index contributed by atoms with van der Waals surface area (Å²) in [6, 6.07) is 5.24. The van der Waals surface area contributed by atoms with Gasteiger partial charge in [0.1, 0.15) is 11.0 Å². The first kappa shape index (κ1) is 10.7. The lowest BCUT2D eigenvalue weighted by Crippen LogP contribution is -2.27. The van der Waals surface area contributed by atoms with Gasteiger partial charge in [0.25, 0.3) is 5.24 Å². The molecule has 2 atom stereocenters. The molecule has 88 valence electrons. The van der Waals surface area contributed by atoms with Gasteiger partial charge in [-0.3, -0.25) is 14.9 Å². The zero-order valence-corrected chi connectivity index (χ0v) is 9.79. The van der Waals surface area contributed by atoms with Crippen LogP contribution in [-0.4, -0.2) is 21.5 Å². The maximum Gasteiger partial charge on any atom is 0.286 e. The van der Waals surface area contributed by atoms with E-state index in [0.717, 1.165) is 35.7 Å². The number of carbonyl (C=O) groups is 2. The van der Waals surface area contributed by atoms with Gasteiger partial charge in [0.2, 0.25) is 5.91 Å². The van der Waals surface area contributed by atoms with Crippen molar-refractivity contribution in [3.05, 3.63) is 29.3 Å². The van der Waals surface area contributed by atoms with E-state index < -0.39 is 0 Å². The first-order valence-corrected chi connectivity index (χ1v) is 6.36. The maximum atomic E-state index is 11.6. The molecule has 1 heterocycles. The predicted molar refractivity (Wildman–Crippen MR) is 64.1 cm³/mol. The van der Waals surface area contributed by atoms with Crippen LogP contribution < -0.4 is 5.32 Å². The topological polar surface area (TPSA) is 66.4 Å². The Morgan fingerprint density at radius 2 is 2.18 bits per heavy atom. The number of aryl methyl sites for hydroxylation is 1. The van der Waals surface area contributed by atoms with Crippen LogP contribution in [0.1, 0.15) is 23.5 Å². The van der Waals surface area contributed by atoms with E-state index in [1.807, 2.05) is 6.07 Å². The minimum Gasteiger partial charge on any atom is -0.508 e. The molecule has 2 N–H and O–H groups in total. The molecule has 0 bridgehead atoms. The first-order chi connectivity index (χ1) is 8.15. The average molecular weight is 249 g/mol. The predicted octanol–water partition coefficient (Wildman–Crippen LogP) is 1.77. The molecule has 1 aromatic carbocycles. The largest absolute Gasteiger partial charge is 0.508 e. The summed E-state index contributed by atoms with van der Waals surface area (Å²) in [5, 5.41) is 11.2. The Morgan fingerprint density at radius 3 is 2.88 bits per heavy atom. The molecular weight excluding hydrogens is 238 g/mol. The van der Waals surface area contributed by atoms with E-state index in [-0.39, 0.29) is 28.1 Å². The smallest absolute Gasteiger partial charge is 0.286 e. The number of fused-ring (bicyclic) bond motifs is 1. The highest BCUT2D eigenvalue weighted by Crippen LogP contribution is 2.42. The molecule has 0 aromatic heterocycles.